The Hall–Kier alpha value is -6.12. The lowest BCUT2D eigenvalue weighted by Gasteiger charge is -2.29. The molecule has 0 aromatic heterocycles. The Labute approximate surface area is 308 Å². The molecule has 0 saturated heterocycles. The lowest BCUT2D eigenvalue weighted by molar-refractivity contribution is 0.728. The Bertz CT molecular complexity index is 2250. The van der Waals surface area contributed by atoms with Crippen LogP contribution in [0, 0.1) is 5.92 Å². The van der Waals surface area contributed by atoms with E-state index in [4.69, 9.17) is 6.58 Å². The summed E-state index contributed by atoms with van der Waals surface area (Å²) < 4.78 is 0. The number of allylic oxidation sites excluding steroid dienone is 11. The highest BCUT2D eigenvalue weighted by molar-refractivity contribution is 5.89. The van der Waals surface area contributed by atoms with E-state index in [1.165, 1.54) is 44.7 Å². The summed E-state index contributed by atoms with van der Waals surface area (Å²) >= 11 is 0. The molecular weight excluding hydrogens is 629 g/mol. The van der Waals surface area contributed by atoms with Gasteiger partial charge in [-0.05, 0) is 112 Å². The fraction of sp³-hybridized carbons (Fsp3) is 0.120. The van der Waals surface area contributed by atoms with Crippen molar-refractivity contribution in [3.05, 3.63) is 228 Å². The van der Waals surface area contributed by atoms with E-state index in [0.29, 0.717) is 5.92 Å². The van der Waals surface area contributed by atoms with Crippen molar-refractivity contribution in [2.24, 2.45) is 5.92 Å². The maximum Gasteiger partial charge on any atom is 0.0461 e. The second-order valence-corrected chi connectivity index (χ2v) is 14.0. The fourth-order valence-electron chi connectivity index (χ4n) is 7.49. The zero-order valence-corrected chi connectivity index (χ0v) is 29.8. The van der Waals surface area contributed by atoms with Gasteiger partial charge in [0.1, 0.15) is 0 Å². The van der Waals surface area contributed by atoms with Gasteiger partial charge in [-0.2, -0.15) is 0 Å². The molecule has 8 rings (SSSR count). The SMILES string of the molecule is C=C1/C2=C\C(c3ccc(N(C4=CCC(C)C=C4)c4ccc(-c5ccccc5)cc4)cc3)C\C=C/C=C(\C1=C\Nc1ccccc1)c1ccccc1C2. The first-order valence-electron chi connectivity index (χ1n) is 18.4. The third-order valence-electron chi connectivity index (χ3n) is 10.4. The molecule has 3 aliphatic rings. The maximum absolute atomic E-state index is 4.73. The highest BCUT2D eigenvalue weighted by Crippen LogP contribution is 2.42. The van der Waals surface area contributed by atoms with Crippen molar-refractivity contribution in [2.45, 2.75) is 32.1 Å². The number of nitrogens with zero attached hydrogens (tertiary/aromatic N) is 1. The summed E-state index contributed by atoms with van der Waals surface area (Å²) in [6, 6.07) is 47.9. The number of hydrogen-bond donors (Lipinski definition) is 1. The quantitative estimate of drug-likeness (QED) is 0.185. The molecule has 2 atom stereocenters. The topological polar surface area (TPSA) is 15.3 Å². The molecule has 2 bridgehead atoms. The molecule has 52 heavy (non-hydrogen) atoms. The predicted octanol–water partition coefficient (Wildman–Crippen LogP) is 13.1. The van der Waals surface area contributed by atoms with Gasteiger partial charge in [0, 0.05) is 40.5 Å². The van der Waals surface area contributed by atoms with Crippen LogP contribution in [0.3, 0.4) is 0 Å². The summed E-state index contributed by atoms with van der Waals surface area (Å²) in [6.45, 7) is 7.00. The van der Waals surface area contributed by atoms with Gasteiger partial charge in [-0.15, -0.1) is 0 Å². The Balaban J connectivity index is 1.14. The van der Waals surface area contributed by atoms with E-state index in [0.717, 1.165) is 47.5 Å². The van der Waals surface area contributed by atoms with Gasteiger partial charge in [-0.1, -0.05) is 147 Å². The average Bonchev–Trinajstić information content (AvgIpc) is 3.32. The molecule has 5 aromatic carbocycles. The number of nitrogens with one attached hydrogen (secondary N) is 1. The average molecular weight is 673 g/mol. The van der Waals surface area contributed by atoms with Crippen LogP contribution in [0.25, 0.3) is 16.7 Å². The largest absolute Gasteiger partial charge is 0.361 e. The molecule has 2 unspecified atom stereocenters. The van der Waals surface area contributed by atoms with Crippen LogP contribution in [0.4, 0.5) is 17.1 Å². The van der Waals surface area contributed by atoms with Crippen LogP contribution in [0.15, 0.2) is 211 Å². The van der Waals surface area contributed by atoms with Gasteiger partial charge in [0.05, 0.1) is 0 Å². The monoisotopic (exact) mass is 672 g/mol. The van der Waals surface area contributed by atoms with Crippen LogP contribution in [-0.2, 0) is 6.42 Å². The zero-order chi connectivity index (χ0) is 35.3. The van der Waals surface area contributed by atoms with Crippen LogP contribution in [0.2, 0.25) is 0 Å². The van der Waals surface area contributed by atoms with Crippen LogP contribution in [0.5, 0.6) is 0 Å². The smallest absolute Gasteiger partial charge is 0.0461 e. The van der Waals surface area contributed by atoms with Gasteiger partial charge in [-0.25, -0.2) is 0 Å². The Morgan fingerprint density at radius 1 is 0.731 bits per heavy atom. The van der Waals surface area contributed by atoms with Crippen LogP contribution >= 0.6 is 0 Å². The van der Waals surface area contributed by atoms with Gasteiger partial charge < -0.3 is 10.2 Å². The van der Waals surface area contributed by atoms with Crippen molar-refractivity contribution >= 4 is 22.6 Å². The molecule has 254 valence electrons. The summed E-state index contributed by atoms with van der Waals surface area (Å²) in [5.74, 6) is 0.747. The third kappa shape index (κ3) is 7.06. The number of anilines is 3. The molecule has 1 N–H and O–H groups in total. The molecule has 0 aliphatic heterocycles. The van der Waals surface area contributed by atoms with Crippen molar-refractivity contribution in [1.29, 1.82) is 0 Å². The number of para-hydroxylation sites is 1. The molecule has 5 aromatic rings. The second kappa shape index (κ2) is 15.0. The minimum absolute atomic E-state index is 0.203. The van der Waals surface area contributed by atoms with E-state index in [-0.39, 0.29) is 5.92 Å². The molecule has 0 fully saturated rings. The van der Waals surface area contributed by atoms with E-state index in [1.807, 2.05) is 6.07 Å². The van der Waals surface area contributed by atoms with Crippen molar-refractivity contribution in [3.63, 3.8) is 0 Å². The molecule has 2 nitrogen and oxygen atoms in total. The summed E-state index contributed by atoms with van der Waals surface area (Å²) in [6.07, 6.45) is 21.2. The Morgan fingerprint density at radius 3 is 2.13 bits per heavy atom. The molecule has 0 spiro atoms. The highest BCUT2D eigenvalue weighted by atomic mass is 15.1. The first-order chi connectivity index (χ1) is 25.6. The summed E-state index contributed by atoms with van der Waals surface area (Å²) in [7, 11) is 0. The summed E-state index contributed by atoms with van der Waals surface area (Å²) in [5, 5.41) is 3.56. The Morgan fingerprint density at radius 2 is 1.40 bits per heavy atom. The number of benzene rings is 5. The summed E-state index contributed by atoms with van der Waals surface area (Å²) in [4.78, 5) is 2.39. The minimum atomic E-state index is 0.203. The molecule has 0 amide bonds. The lowest BCUT2D eigenvalue weighted by atomic mass is 9.87. The predicted molar refractivity (Wildman–Crippen MR) is 221 cm³/mol. The molecule has 0 radical (unpaired) electrons. The van der Waals surface area contributed by atoms with E-state index >= 15 is 0 Å². The molecule has 3 aliphatic carbocycles. The summed E-state index contributed by atoms with van der Waals surface area (Å²) in [5.41, 5.74) is 15.6. The van der Waals surface area contributed by atoms with E-state index < -0.39 is 0 Å². The fourth-order valence-corrected chi connectivity index (χ4v) is 7.49. The second-order valence-electron chi connectivity index (χ2n) is 14.0. The van der Waals surface area contributed by atoms with E-state index in [2.05, 4.69) is 193 Å². The number of hydrogen-bond acceptors (Lipinski definition) is 2. The lowest BCUT2D eigenvalue weighted by Crippen LogP contribution is -2.17. The number of rotatable bonds is 7. The number of fused-ring (bicyclic) bond motifs is 5. The van der Waals surface area contributed by atoms with Crippen LogP contribution in [0.1, 0.15) is 42.4 Å². The molecule has 0 heterocycles. The van der Waals surface area contributed by atoms with Crippen molar-refractivity contribution < 1.29 is 0 Å². The maximum atomic E-state index is 4.73. The minimum Gasteiger partial charge on any atom is -0.361 e. The molecular formula is C50H44N2. The third-order valence-corrected chi connectivity index (χ3v) is 10.4. The zero-order valence-electron chi connectivity index (χ0n) is 29.8. The standard InChI is InChI=1S/C50H44N2/c1-36-21-27-45(28-22-36)52(46-29-23-39(24-30-46)38-13-5-3-6-14-38)47-31-25-40(26-32-47)41-15-9-12-20-49-48-19-11-10-16-42(48)34-43(33-41)37(2)50(49)35-51-44-17-7-4-8-18-44/h3-14,16-21,23-33,35-36,41,51H,2,15,22,34H2,1H3/b12-9-,43-33-,49-20-,50-35+. The van der Waals surface area contributed by atoms with Gasteiger partial charge >= 0.3 is 0 Å². The van der Waals surface area contributed by atoms with Crippen molar-refractivity contribution in [3.8, 4) is 11.1 Å². The van der Waals surface area contributed by atoms with E-state index in [9.17, 15) is 0 Å². The normalized spacial score (nSPS) is 21.5. The highest BCUT2D eigenvalue weighted by Gasteiger charge is 2.24. The van der Waals surface area contributed by atoms with E-state index in [1.54, 1.807) is 0 Å². The van der Waals surface area contributed by atoms with Gasteiger partial charge in [0.25, 0.3) is 0 Å². The van der Waals surface area contributed by atoms with Gasteiger partial charge in [-0.3, -0.25) is 0 Å². The van der Waals surface area contributed by atoms with Gasteiger partial charge in [0.15, 0.2) is 0 Å². The van der Waals surface area contributed by atoms with Crippen LogP contribution < -0.4 is 10.2 Å². The first kappa shape index (κ1) is 33.0. The molecule has 2 heteroatoms. The molecule has 0 saturated carbocycles. The van der Waals surface area contributed by atoms with Crippen LogP contribution in [-0.4, -0.2) is 0 Å². The van der Waals surface area contributed by atoms with Crippen molar-refractivity contribution in [1.82, 2.24) is 0 Å². The van der Waals surface area contributed by atoms with Crippen molar-refractivity contribution in [2.75, 3.05) is 10.2 Å². The Kier molecular flexibility index (Phi) is 9.54. The first-order valence-corrected chi connectivity index (χ1v) is 18.4. The van der Waals surface area contributed by atoms with Gasteiger partial charge in [0.2, 0.25) is 0 Å².